The molecule has 16 heavy (non-hydrogen) atoms. The number of likely N-dealkylation sites (N-methyl/N-ethyl adjacent to an activating group) is 1. The van der Waals surface area contributed by atoms with Gasteiger partial charge in [0, 0.05) is 13.6 Å². The molecule has 1 aliphatic carbocycles. The van der Waals surface area contributed by atoms with Crippen LogP contribution in [-0.2, 0) is 14.3 Å². The van der Waals surface area contributed by atoms with E-state index in [1.54, 1.807) is 11.9 Å². The lowest BCUT2D eigenvalue weighted by atomic mass is 9.82. The van der Waals surface area contributed by atoms with Gasteiger partial charge >= 0.3 is 0 Å². The van der Waals surface area contributed by atoms with E-state index in [-0.39, 0.29) is 12.0 Å². The Morgan fingerprint density at radius 3 is 2.75 bits per heavy atom. The molecule has 2 fully saturated rings. The highest BCUT2D eigenvalue weighted by Crippen LogP contribution is 2.27. The molecular formula is C11H19NO4. The van der Waals surface area contributed by atoms with Crippen molar-refractivity contribution in [3.05, 3.63) is 0 Å². The van der Waals surface area contributed by atoms with Crippen LogP contribution in [0.5, 0.6) is 0 Å². The van der Waals surface area contributed by atoms with Crippen LogP contribution in [0.4, 0.5) is 0 Å². The van der Waals surface area contributed by atoms with Crippen LogP contribution < -0.4 is 0 Å². The highest BCUT2D eigenvalue weighted by atomic mass is 16.6. The molecule has 1 aliphatic heterocycles. The fourth-order valence-corrected chi connectivity index (χ4v) is 2.20. The first-order valence-electron chi connectivity index (χ1n) is 5.79. The maximum atomic E-state index is 11.9. The quantitative estimate of drug-likeness (QED) is 0.717. The van der Waals surface area contributed by atoms with Crippen molar-refractivity contribution in [3.8, 4) is 0 Å². The summed E-state index contributed by atoms with van der Waals surface area (Å²) < 4.78 is 10.6. The largest absolute Gasteiger partial charge is 0.393 e. The molecule has 1 N–H and O–H groups in total. The van der Waals surface area contributed by atoms with Gasteiger partial charge in [-0.25, -0.2) is 0 Å². The molecule has 5 nitrogen and oxygen atoms in total. The summed E-state index contributed by atoms with van der Waals surface area (Å²) in [5.74, 6) is 0.426. The van der Waals surface area contributed by atoms with Gasteiger partial charge in [0.15, 0.2) is 6.10 Å². The number of nitrogens with zero attached hydrogens (tertiary/aromatic N) is 1. The zero-order valence-corrected chi connectivity index (χ0v) is 9.59. The van der Waals surface area contributed by atoms with E-state index in [1.807, 2.05) is 0 Å². The average molecular weight is 229 g/mol. The van der Waals surface area contributed by atoms with Crippen LogP contribution in [0.2, 0.25) is 0 Å². The van der Waals surface area contributed by atoms with E-state index in [0.717, 1.165) is 12.8 Å². The minimum atomic E-state index is -0.441. The lowest BCUT2D eigenvalue weighted by Crippen LogP contribution is -2.47. The molecule has 0 bridgehead atoms. The van der Waals surface area contributed by atoms with Crippen LogP contribution >= 0.6 is 0 Å². The first-order chi connectivity index (χ1) is 7.66. The fourth-order valence-electron chi connectivity index (χ4n) is 2.20. The van der Waals surface area contributed by atoms with Gasteiger partial charge in [-0.2, -0.15) is 0 Å². The van der Waals surface area contributed by atoms with Crippen LogP contribution in [0.25, 0.3) is 0 Å². The zero-order valence-electron chi connectivity index (χ0n) is 9.59. The van der Waals surface area contributed by atoms with Crippen molar-refractivity contribution in [2.24, 2.45) is 5.92 Å². The normalized spacial score (nSPS) is 34.2. The van der Waals surface area contributed by atoms with Gasteiger partial charge in [0.05, 0.1) is 25.9 Å². The Kier molecular flexibility index (Phi) is 3.78. The standard InChI is InChI=1S/C11H19NO4/c1-12(6-8-4-9(13)5-8)11(14)10-7-15-2-3-16-10/h8-10,13H,2-7H2,1H3. The second-order valence-electron chi connectivity index (χ2n) is 4.64. The Labute approximate surface area is 95.3 Å². The van der Waals surface area contributed by atoms with Gasteiger partial charge in [0.1, 0.15) is 0 Å². The smallest absolute Gasteiger partial charge is 0.253 e. The van der Waals surface area contributed by atoms with Gasteiger partial charge in [0.25, 0.3) is 5.91 Å². The molecule has 0 aromatic carbocycles. The van der Waals surface area contributed by atoms with Gasteiger partial charge in [-0.05, 0) is 18.8 Å². The summed E-state index contributed by atoms with van der Waals surface area (Å²) in [5, 5.41) is 9.17. The Morgan fingerprint density at radius 1 is 1.44 bits per heavy atom. The predicted molar refractivity (Wildman–Crippen MR) is 56.9 cm³/mol. The Bertz CT molecular complexity index is 246. The highest BCUT2D eigenvalue weighted by molar-refractivity contribution is 5.80. The monoisotopic (exact) mass is 229 g/mol. The third-order valence-electron chi connectivity index (χ3n) is 3.21. The molecule has 1 atom stereocenters. The number of ether oxygens (including phenoxy) is 2. The van der Waals surface area contributed by atoms with Gasteiger partial charge in [-0.15, -0.1) is 0 Å². The second-order valence-corrected chi connectivity index (χ2v) is 4.64. The lowest BCUT2D eigenvalue weighted by molar-refractivity contribution is -0.158. The number of rotatable bonds is 3. The number of aliphatic hydroxyl groups is 1. The molecule has 0 aromatic heterocycles. The van der Waals surface area contributed by atoms with E-state index in [9.17, 15) is 9.90 Å². The van der Waals surface area contributed by atoms with Gasteiger partial charge in [-0.1, -0.05) is 0 Å². The van der Waals surface area contributed by atoms with Crippen molar-refractivity contribution in [2.75, 3.05) is 33.4 Å². The average Bonchev–Trinajstić information content (AvgIpc) is 2.27. The summed E-state index contributed by atoms with van der Waals surface area (Å²) in [6.07, 6.45) is 1.01. The maximum Gasteiger partial charge on any atom is 0.253 e. The molecule has 5 heteroatoms. The van der Waals surface area contributed by atoms with Crippen LogP contribution in [0.1, 0.15) is 12.8 Å². The van der Waals surface area contributed by atoms with Crippen molar-refractivity contribution in [2.45, 2.75) is 25.0 Å². The molecule has 2 aliphatic rings. The number of hydrogen-bond donors (Lipinski definition) is 1. The third-order valence-corrected chi connectivity index (χ3v) is 3.21. The number of amides is 1. The molecule has 1 saturated carbocycles. The summed E-state index contributed by atoms with van der Waals surface area (Å²) >= 11 is 0. The molecule has 1 saturated heterocycles. The van der Waals surface area contributed by atoms with Crippen molar-refractivity contribution in [1.29, 1.82) is 0 Å². The summed E-state index contributed by atoms with van der Waals surface area (Å²) in [5.41, 5.74) is 0. The summed E-state index contributed by atoms with van der Waals surface area (Å²) in [7, 11) is 1.78. The van der Waals surface area contributed by atoms with Crippen molar-refractivity contribution in [1.82, 2.24) is 4.90 Å². The molecule has 2 rings (SSSR count). The first kappa shape index (κ1) is 11.8. The minimum Gasteiger partial charge on any atom is -0.393 e. The lowest BCUT2D eigenvalue weighted by Gasteiger charge is -2.35. The van der Waals surface area contributed by atoms with E-state index >= 15 is 0 Å². The number of aliphatic hydroxyl groups excluding tert-OH is 1. The van der Waals surface area contributed by atoms with E-state index < -0.39 is 6.10 Å². The van der Waals surface area contributed by atoms with Gasteiger partial charge in [-0.3, -0.25) is 4.79 Å². The molecule has 1 amide bonds. The van der Waals surface area contributed by atoms with E-state index in [1.165, 1.54) is 0 Å². The van der Waals surface area contributed by atoms with Crippen LogP contribution in [0.3, 0.4) is 0 Å². The number of carbonyl (C=O) groups is 1. The Morgan fingerprint density at radius 2 is 2.19 bits per heavy atom. The SMILES string of the molecule is CN(CC1CC(O)C1)C(=O)C1COCCO1. The molecule has 1 unspecified atom stereocenters. The fraction of sp³-hybridized carbons (Fsp3) is 0.909. The van der Waals surface area contributed by atoms with Crippen molar-refractivity contribution in [3.63, 3.8) is 0 Å². The minimum absolute atomic E-state index is 0.0129. The van der Waals surface area contributed by atoms with Crippen LogP contribution in [0, 0.1) is 5.92 Å². The maximum absolute atomic E-state index is 11.9. The van der Waals surface area contributed by atoms with Crippen LogP contribution in [0.15, 0.2) is 0 Å². The molecule has 0 spiro atoms. The number of carbonyl (C=O) groups excluding carboxylic acids is 1. The Hall–Kier alpha value is -0.650. The van der Waals surface area contributed by atoms with Gasteiger partial charge in [0.2, 0.25) is 0 Å². The van der Waals surface area contributed by atoms with Gasteiger partial charge < -0.3 is 19.5 Å². The van der Waals surface area contributed by atoms with E-state index in [0.29, 0.717) is 32.3 Å². The summed E-state index contributed by atoms with van der Waals surface area (Å²) in [6.45, 7) is 2.13. The Balaban J connectivity index is 1.74. The van der Waals surface area contributed by atoms with Crippen molar-refractivity contribution >= 4 is 5.91 Å². The van der Waals surface area contributed by atoms with Crippen molar-refractivity contribution < 1.29 is 19.4 Å². The first-order valence-corrected chi connectivity index (χ1v) is 5.79. The molecule has 92 valence electrons. The zero-order chi connectivity index (χ0) is 11.5. The highest BCUT2D eigenvalue weighted by Gasteiger charge is 2.31. The third kappa shape index (κ3) is 2.72. The topological polar surface area (TPSA) is 59.0 Å². The number of hydrogen-bond acceptors (Lipinski definition) is 4. The van der Waals surface area contributed by atoms with E-state index in [4.69, 9.17) is 9.47 Å². The predicted octanol–water partition coefficient (Wildman–Crippen LogP) is -0.369. The summed E-state index contributed by atoms with van der Waals surface area (Å²) in [4.78, 5) is 13.6. The van der Waals surface area contributed by atoms with E-state index in [2.05, 4.69) is 0 Å². The second kappa shape index (κ2) is 5.12. The molecular weight excluding hydrogens is 210 g/mol. The molecule has 0 aromatic rings. The van der Waals surface area contributed by atoms with Crippen LogP contribution in [-0.4, -0.2) is 61.5 Å². The molecule has 1 heterocycles. The summed E-state index contributed by atoms with van der Waals surface area (Å²) in [6, 6.07) is 0. The molecule has 0 radical (unpaired) electrons.